The Balaban J connectivity index is 1.93. The number of piperidine rings is 1. The molecule has 0 aromatic carbocycles. The first kappa shape index (κ1) is 12.9. The molecule has 1 aromatic rings. The minimum Gasteiger partial charge on any atom is -0.379 e. The van der Waals surface area contributed by atoms with Gasteiger partial charge in [0.05, 0.1) is 11.9 Å². The van der Waals surface area contributed by atoms with E-state index in [9.17, 15) is 4.79 Å². The van der Waals surface area contributed by atoms with Crippen LogP contribution in [0.2, 0.25) is 0 Å². The maximum atomic E-state index is 12.1. The number of carbonyl (C=O) groups is 1. The molecule has 1 amide bonds. The van der Waals surface area contributed by atoms with Crippen molar-refractivity contribution in [3.63, 3.8) is 0 Å². The average Bonchev–Trinajstić information content (AvgIpc) is 2.89. The van der Waals surface area contributed by atoms with Gasteiger partial charge in [-0.25, -0.2) is 0 Å². The molecule has 5 nitrogen and oxygen atoms in total. The van der Waals surface area contributed by atoms with Crippen molar-refractivity contribution in [2.75, 3.05) is 18.4 Å². The molecule has 2 heterocycles. The van der Waals surface area contributed by atoms with E-state index in [0.29, 0.717) is 0 Å². The molecule has 0 spiro atoms. The number of aromatic nitrogens is 1. The van der Waals surface area contributed by atoms with Gasteiger partial charge in [0.2, 0.25) is 5.91 Å². The van der Waals surface area contributed by atoms with Crippen molar-refractivity contribution in [3.05, 3.63) is 12.5 Å². The molecule has 1 saturated heterocycles. The largest absolute Gasteiger partial charge is 0.379 e. The third-order valence-corrected chi connectivity index (χ3v) is 3.38. The highest BCUT2D eigenvalue weighted by Gasteiger charge is 2.27. The lowest BCUT2D eigenvalue weighted by molar-refractivity contribution is -0.137. The van der Waals surface area contributed by atoms with Gasteiger partial charge < -0.3 is 14.7 Å². The molecule has 5 heteroatoms. The maximum Gasteiger partial charge on any atom is 0.225 e. The van der Waals surface area contributed by atoms with Gasteiger partial charge in [0.25, 0.3) is 0 Å². The fourth-order valence-electron chi connectivity index (χ4n) is 2.36. The van der Waals surface area contributed by atoms with Crippen LogP contribution < -0.4 is 5.32 Å². The molecule has 100 valence electrons. The van der Waals surface area contributed by atoms with Crippen LogP contribution in [0.15, 0.2) is 17.0 Å². The van der Waals surface area contributed by atoms with E-state index in [4.69, 9.17) is 4.52 Å². The summed E-state index contributed by atoms with van der Waals surface area (Å²) in [5, 5.41) is 6.92. The number of hydrogen-bond acceptors (Lipinski definition) is 4. The van der Waals surface area contributed by atoms with Gasteiger partial charge in [0.15, 0.2) is 0 Å². The second-order valence-corrected chi connectivity index (χ2v) is 5.13. The minimum atomic E-state index is 0.0705. The van der Waals surface area contributed by atoms with Gasteiger partial charge in [-0.3, -0.25) is 4.79 Å². The molecule has 0 bridgehead atoms. The van der Waals surface area contributed by atoms with Crippen molar-refractivity contribution >= 4 is 11.6 Å². The van der Waals surface area contributed by atoms with Crippen molar-refractivity contribution in [1.82, 2.24) is 10.1 Å². The summed E-state index contributed by atoms with van der Waals surface area (Å²) in [5.74, 6) is 0.327. The van der Waals surface area contributed by atoms with Crippen molar-refractivity contribution in [1.29, 1.82) is 0 Å². The predicted molar refractivity (Wildman–Crippen MR) is 69.2 cm³/mol. The predicted octanol–water partition coefficient (Wildman–Crippen LogP) is 2.12. The van der Waals surface area contributed by atoms with Crippen LogP contribution in [0, 0.1) is 5.92 Å². The van der Waals surface area contributed by atoms with Gasteiger partial charge in [0.1, 0.15) is 6.26 Å². The normalized spacial score (nSPS) is 20.2. The number of nitrogens with zero attached hydrogens (tertiary/aromatic N) is 2. The summed E-state index contributed by atoms with van der Waals surface area (Å²) in [7, 11) is 0. The highest BCUT2D eigenvalue weighted by atomic mass is 16.5. The van der Waals surface area contributed by atoms with Gasteiger partial charge in [-0.1, -0.05) is 19.0 Å². The average molecular weight is 251 g/mol. The second kappa shape index (κ2) is 5.89. The number of nitrogens with one attached hydrogen (secondary N) is 1. The van der Waals surface area contributed by atoms with Crippen LogP contribution in [0.3, 0.4) is 0 Å². The number of rotatable bonds is 4. The quantitative estimate of drug-likeness (QED) is 0.890. The number of likely N-dealkylation sites (tertiary alicyclic amines) is 1. The van der Waals surface area contributed by atoms with E-state index in [-0.39, 0.29) is 17.9 Å². The van der Waals surface area contributed by atoms with Crippen molar-refractivity contribution in [3.8, 4) is 0 Å². The van der Waals surface area contributed by atoms with Crippen molar-refractivity contribution < 1.29 is 9.32 Å². The van der Waals surface area contributed by atoms with Gasteiger partial charge in [-0.05, 0) is 19.3 Å². The molecule has 1 aromatic heterocycles. The van der Waals surface area contributed by atoms with Crippen LogP contribution in [0.25, 0.3) is 0 Å². The topological polar surface area (TPSA) is 58.4 Å². The van der Waals surface area contributed by atoms with Gasteiger partial charge in [0, 0.05) is 25.0 Å². The smallest absolute Gasteiger partial charge is 0.225 e. The lowest BCUT2D eigenvalue weighted by Crippen LogP contribution is -2.48. The highest BCUT2D eigenvalue weighted by Crippen LogP contribution is 2.20. The number of hydrogen-bond donors (Lipinski definition) is 1. The number of anilines is 1. The molecule has 1 unspecified atom stereocenters. The Labute approximate surface area is 108 Å². The summed E-state index contributed by atoms with van der Waals surface area (Å²) in [6.45, 7) is 5.56. The van der Waals surface area contributed by atoms with Gasteiger partial charge >= 0.3 is 0 Å². The summed E-state index contributed by atoms with van der Waals surface area (Å²) in [5.41, 5.74) is 0.873. The van der Waals surface area contributed by atoms with E-state index in [0.717, 1.165) is 31.6 Å². The fourth-order valence-corrected chi connectivity index (χ4v) is 2.36. The van der Waals surface area contributed by atoms with E-state index in [1.165, 1.54) is 6.42 Å². The highest BCUT2D eigenvalue weighted by molar-refractivity contribution is 5.78. The summed E-state index contributed by atoms with van der Waals surface area (Å²) in [6.07, 6.45) is 6.60. The number of carbonyl (C=O) groups excluding carboxylic acids is 1. The Hall–Kier alpha value is -1.52. The Kier molecular flexibility index (Phi) is 4.23. The van der Waals surface area contributed by atoms with Crippen molar-refractivity contribution in [2.45, 2.75) is 39.2 Å². The molecule has 0 saturated carbocycles. The standard InChI is InChI=1S/C13H21N3O2/c1-10(2)13(17)16-6-4-3-5-12(16)8-14-11-7-15-18-9-11/h7,9-10,12,14H,3-6,8H2,1-2H3. The molecule has 2 rings (SSSR count). The Morgan fingerprint density at radius 2 is 2.44 bits per heavy atom. The van der Waals surface area contributed by atoms with Crippen LogP contribution in [-0.4, -0.2) is 35.1 Å². The zero-order valence-corrected chi connectivity index (χ0v) is 11.1. The van der Waals surface area contributed by atoms with E-state index < -0.39 is 0 Å². The van der Waals surface area contributed by atoms with E-state index >= 15 is 0 Å². The van der Waals surface area contributed by atoms with Crippen LogP contribution in [0.4, 0.5) is 5.69 Å². The lowest BCUT2D eigenvalue weighted by atomic mass is 10.00. The molecule has 1 atom stereocenters. The van der Waals surface area contributed by atoms with E-state index in [2.05, 4.69) is 10.5 Å². The number of amides is 1. The zero-order valence-electron chi connectivity index (χ0n) is 11.1. The molecule has 1 aliphatic rings. The van der Waals surface area contributed by atoms with Crippen LogP contribution in [0.1, 0.15) is 33.1 Å². The van der Waals surface area contributed by atoms with Crippen molar-refractivity contribution in [2.24, 2.45) is 5.92 Å². The Bertz CT molecular complexity index is 376. The Morgan fingerprint density at radius 3 is 3.11 bits per heavy atom. The molecule has 1 fully saturated rings. The first-order valence-corrected chi connectivity index (χ1v) is 6.62. The molecular formula is C13H21N3O2. The lowest BCUT2D eigenvalue weighted by Gasteiger charge is -2.37. The van der Waals surface area contributed by atoms with Crippen LogP contribution in [0.5, 0.6) is 0 Å². The maximum absolute atomic E-state index is 12.1. The molecule has 1 aliphatic heterocycles. The minimum absolute atomic E-state index is 0.0705. The van der Waals surface area contributed by atoms with E-state index in [1.54, 1.807) is 12.5 Å². The molecular weight excluding hydrogens is 230 g/mol. The third kappa shape index (κ3) is 3.03. The second-order valence-electron chi connectivity index (χ2n) is 5.13. The molecule has 18 heavy (non-hydrogen) atoms. The first-order valence-electron chi connectivity index (χ1n) is 6.62. The summed E-state index contributed by atoms with van der Waals surface area (Å²) >= 11 is 0. The zero-order chi connectivity index (χ0) is 13.0. The third-order valence-electron chi connectivity index (χ3n) is 3.38. The van der Waals surface area contributed by atoms with Gasteiger partial charge in [-0.15, -0.1) is 0 Å². The molecule has 0 aliphatic carbocycles. The summed E-state index contributed by atoms with van der Waals surface area (Å²) in [6, 6.07) is 0.281. The first-order chi connectivity index (χ1) is 8.68. The van der Waals surface area contributed by atoms with Gasteiger partial charge in [-0.2, -0.15) is 0 Å². The van der Waals surface area contributed by atoms with Crippen LogP contribution >= 0.6 is 0 Å². The SMILES string of the molecule is CC(C)C(=O)N1CCCCC1CNc1cnoc1. The van der Waals surface area contributed by atoms with Crippen LogP contribution in [-0.2, 0) is 4.79 Å². The fraction of sp³-hybridized carbons (Fsp3) is 0.692. The molecule has 0 radical (unpaired) electrons. The summed E-state index contributed by atoms with van der Waals surface area (Å²) < 4.78 is 4.77. The monoisotopic (exact) mass is 251 g/mol. The molecule has 1 N–H and O–H groups in total. The van der Waals surface area contributed by atoms with E-state index in [1.807, 2.05) is 18.7 Å². The summed E-state index contributed by atoms with van der Waals surface area (Å²) in [4.78, 5) is 14.2. The Morgan fingerprint density at radius 1 is 1.61 bits per heavy atom.